The Balaban J connectivity index is 2.14. The second kappa shape index (κ2) is 4.04. The zero-order valence-corrected chi connectivity index (χ0v) is 8.98. The van der Waals surface area contributed by atoms with Gasteiger partial charge in [0, 0.05) is 25.1 Å². The van der Waals surface area contributed by atoms with Crippen molar-refractivity contribution in [1.29, 1.82) is 0 Å². The largest absolute Gasteiger partial charge is 0.453 e. The first-order chi connectivity index (χ1) is 7.18. The van der Waals surface area contributed by atoms with Gasteiger partial charge in [-0.1, -0.05) is 0 Å². The molecule has 0 amide bonds. The summed E-state index contributed by atoms with van der Waals surface area (Å²) in [7, 11) is 1.83. The summed E-state index contributed by atoms with van der Waals surface area (Å²) >= 11 is 5.83. The summed E-state index contributed by atoms with van der Waals surface area (Å²) in [4.78, 5) is 4.09. The first kappa shape index (κ1) is 10.2. The maximum absolute atomic E-state index is 5.97. The van der Waals surface area contributed by atoms with Gasteiger partial charge in [0.2, 0.25) is 0 Å². The maximum atomic E-state index is 5.97. The average Bonchev–Trinajstić information content (AvgIpc) is 2.76. The van der Waals surface area contributed by atoms with Crippen molar-refractivity contribution in [2.24, 2.45) is 12.8 Å². The first-order valence-electron chi connectivity index (χ1n) is 4.50. The summed E-state index contributed by atoms with van der Waals surface area (Å²) in [5.41, 5.74) is 6.77. The van der Waals surface area contributed by atoms with E-state index in [-0.39, 0.29) is 6.04 Å². The summed E-state index contributed by atoms with van der Waals surface area (Å²) in [6, 6.07) is 1.54. The van der Waals surface area contributed by atoms with Gasteiger partial charge in [-0.2, -0.15) is 5.10 Å². The molecule has 0 aliphatic heterocycles. The van der Waals surface area contributed by atoms with Crippen molar-refractivity contribution < 1.29 is 4.42 Å². The molecule has 0 saturated carbocycles. The van der Waals surface area contributed by atoms with Crippen LogP contribution in [0.15, 0.2) is 23.1 Å². The highest BCUT2D eigenvalue weighted by Gasteiger charge is 2.15. The molecule has 2 N–H and O–H groups in total. The van der Waals surface area contributed by atoms with Gasteiger partial charge < -0.3 is 10.2 Å². The van der Waals surface area contributed by atoms with E-state index in [0.717, 1.165) is 11.4 Å². The fourth-order valence-electron chi connectivity index (χ4n) is 1.38. The number of aryl methyl sites for hydroxylation is 1. The third kappa shape index (κ3) is 2.03. The van der Waals surface area contributed by atoms with Gasteiger partial charge in [-0.05, 0) is 17.7 Å². The van der Waals surface area contributed by atoms with E-state index in [9.17, 15) is 0 Å². The highest BCUT2D eigenvalue weighted by atomic mass is 35.5. The number of aromatic nitrogens is 3. The second-order valence-electron chi connectivity index (χ2n) is 3.26. The highest BCUT2D eigenvalue weighted by Crippen LogP contribution is 2.24. The van der Waals surface area contributed by atoms with Crippen LogP contribution < -0.4 is 5.73 Å². The molecule has 6 heteroatoms. The monoisotopic (exact) mass is 226 g/mol. The Labute approximate surface area is 91.8 Å². The van der Waals surface area contributed by atoms with E-state index in [4.69, 9.17) is 21.8 Å². The molecule has 0 fully saturated rings. The zero-order valence-electron chi connectivity index (χ0n) is 8.22. The van der Waals surface area contributed by atoms with Gasteiger partial charge in [0.05, 0.1) is 6.26 Å². The minimum absolute atomic E-state index is 0.223. The number of rotatable bonds is 3. The van der Waals surface area contributed by atoms with Crippen LogP contribution in [0.3, 0.4) is 0 Å². The van der Waals surface area contributed by atoms with Crippen LogP contribution in [0.4, 0.5) is 0 Å². The normalized spacial score (nSPS) is 13.0. The quantitative estimate of drug-likeness (QED) is 0.857. The summed E-state index contributed by atoms with van der Waals surface area (Å²) in [6.45, 7) is 0. The smallest absolute Gasteiger partial charge is 0.197 e. The number of halogens is 1. The molecule has 0 radical (unpaired) electrons. The lowest BCUT2D eigenvalue weighted by atomic mass is 10.1. The molecular weight excluding hydrogens is 216 g/mol. The third-order valence-electron chi connectivity index (χ3n) is 2.25. The molecular formula is C9H11ClN4O. The fraction of sp³-hybridized carbons (Fsp3) is 0.333. The summed E-state index contributed by atoms with van der Waals surface area (Å²) in [6.07, 6.45) is 3.60. The van der Waals surface area contributed by atoms with Crippen molar-refractivity contribution in [2.45, 2.75) is 12.5 Å². The molecule has 2 heterocycles. The number of hydrogen-bond donors (Lipinski definition) is 1. The molecule has 2 rings (SSSR count). The minimum Gasteiger partial charge on any atom is -0.453 e. The van der Waals surface area contributed by atoms with Crippen LogP contribution in [0.5, 0.6) is 0 Å². The van der Waals surface area contributed by atoms with Gasteiger partial charge in [0.15, 0.2) is 5.22 Å². The van der Waals surface area contributed by atoms with Crippen LogP contribution in [0.1, 0.15) is 17.4 Å². The van der Waals surface area contributed by atoms with Gasteiger partial charge in [-0.3, -0.25) is 4.68 Å². The molecule has 0 saturated heterocycles. The molecule has 15 heavy (non-hydrogen) atoms. The molecule has 2 aromatic heterocycles. The molecule has 2 aromatic rings. The van der Waals surface area contributed by atoms with Crippen LogP contribution in [0, 0.1) is 0 Å². The second-order valence-corrected chi connectivity index (χ2v) is 3.60. The van der Waals surface area contributed by atoms with Crippen molar-refractivity contribution >= 4 is 11.6 Å². The van der Waals surface area contributed by atoms with Crippen LogP contribution in [0.2, 0.25) is 5.22 Å². The number of nitrogens with two attached hydrogens (primary N) is 1. The van der Waals surface area contributed by atoms with Crippen LogP contribution in [0.25, 0.3) is 0 Å². The van der Waals surface area contributed by atoms with Gasteiger partial charge in [0.25, 0.3) is 0 Å². The van der Waals surface area contributed by atoms with Crippen molar-refractivity contribution in [3.63, 3.8) is 0 Å². The minimum atomic E-state index is -0.223. The summed E-state index contributed by atoms with van der Waals surface area (Å²) in [5, 5.41) is 4.30. The van der Waals surface area contributed by atoms with E-state index in [0.29, 0.717) is 11.6 Å². The van der Waals surface area contributed by atoms with Crippen molar-refractivity contribution in [3.8, 4) is 0 Å². The van der Waals surface area contributed by atoms with Crippen molar-refractivity contribution in [1.82, 2.24) is 14.8 Å². The van der Waals surface area contributed by atoms with Crippen LogP contribution in [-0.2, 0) is 13.5 Å². The van der Waals surface area contributed by atoms with Crippen molar-refractivity contribution in [2.75, 3.05) is 0 Å². The lowest BCUT2D eigenvalue weighted by Crippen LogP contribution is -2.15. The van der Waals surface area contributed by atoms with E-state index >= 15 is 0 Å². The summed E-state index contributed by atoms with van der Waals surface area (Å²) < 4.78 is 6.67. The Hall–Kier alpha value is -1.33. The van der Waals surface area contributed by atoms with Gasteiger partial charge in [-0.25, -0.2) is 4.98 Å². The standard InChI is InChI=1S/C9H11ClN4O/c1-14-8(12-5-13-14)4-7(11)6-2-3-15-9(6)10/h2-3,5,7H,4,11H2,1H3. The van der Waals surface area contributed by atoms with E-state index in [1.165, 1.54) is 12.6 Å². The Kier molecular flexibility index (Phi) is 2.75. The first-order valence-corrected chi connectivity index (χ1v) is 4.87. The predicted molar refractivity (Wildman–Crippen MR) is 55.4 cm³/mol. The Morgan fingerprint density at radius 2 is 2.47 bits per heavy atom. The van der Waals surface area contributed by atoms with E-state index in [1.807, 2.05) is 7.05 Å². The predicted octanol–water partition coefficient (Wildman–Crippen LogP) is 1.30. The molecule has 80 valence electrons. The Bertz CT molecular complexity index is 450. The molecule has 0 aliphatic rings. The van der Waals surface area contributed by atoms with E-state index in [1.54, 1.807) is 10.7 Å². The molecule has 1 atom stereocenters. The van der Waals surface area contributed by atoms with E-state index < -0.39 is 0 Å². The fourth-order valence-corrected chi connectivity index (χ4v) is 1.64. The Morgan fingerprint density at radius 1 is 1.67 bits per heavy atom. The molecule has 1 unspecified atom stereocenters. The van der Waals surface area contributed by atoms with Crippen LogP contribution in [-0.4, -0.2) is 14.8 Å². The SMILES string of the molecule is Cn1ncnc1CC(N)c1ccoc1Cl. The number of hydrogen-bond acceptors (Lipinski definition) is 4. The Morgan fingerprint density at radius 3 is 3.00 bits per heavy atom. The zero-order chi connectivity index (χ0) is 10.8. The lowest BCUT2D eigenvalue weighted by molar-refractivity contribution is 0.557. The van der Waals surface area contributed by atoms with Gasteiger partial charge >= 0.3 is 0 Å². The highest BCUT2D eigenvalue weighted by molar-refractivity contribution is 6.29. The van der Waals surface area contributed by atoms with Crippen molar-refractivity contribution in [3.05, 3.63) is 35.3 Å². The maximum Gasteiger partial charge on any atom is 0.197 e. The van der Waals surface area contributed by atoms with Crippen LogP contribution >= 0.6 is 11.6 Å². The lowest BCUT2D eigenvalue weighted by Gasteiger charge is -2.08. The average molecular weight is 227 g/mol. The molecule has 0 spiro atoms. The molecule has 5 nitrogen and oxygen atoms in total. The molecule has 0 bridgehead atoms. The molecule has 0 aliphatic carbocycles. The van der Waals surface area contributed by atoms with Gasteiger partial charge in [0.1, 0.15) is 12.2 Å². The number of furan rings is 1. The van der Waals surface area contributed by atoms with Gasteiger partial charge in [-0.15, -0.1) is 0 Å². The van der Waals surface area contributed by atoms with E-state index in [2.05, 4.69) is 10.1 Å². The number of nitrogens with zero attached hydrogens (tertiary/aromatic N) is 3. The molecule has 0 aromatic carbocycles. The third-order valence-corrected chi connectivity index (χ3v) is 2.56. The summed E-state index contributed by atoms with van der Waals surface area (Å²) in [5.74, 6) is 0.819. The topological polar surface area (TPSA) is 69.9 Å².